The zero-order valence-electron chi connectivity index (χ0n) is 10.3. The molecule has 88 valence electrons. The highest BCUT2D eigenvalue weighted by atomic mass is 14.6. The Balaban J connectivity index is 2.25. The molecule has 0 saturated heterocycles. The number of benzene rings is 2. The van der Waals surface area contributed by atoms with Crippen molar-refractivity contribution in [1.82, 2.24) is 0 Å². The molecular weight excluding hydrogens is 208 g/mol. The van der Waals surface area contributed by atoms with Crippen LogP contribution in [-0.2, 0) is 6.42 Å². The molecule has 2 aromatic carbocycles. The van der Waals surface area contributed by atoms with Crippen molar-refractivity contribution in [3.05, 3.63) is 58.7 Å². The highest BCUT2D eigenvalue weighted by molar-refractivity contribution is 5.51. The lowest BCUT2D eigenvalue weighted by molar-refractivity contribution is 1.18. The van der Waals surface area contributed by atoms with Gasteiger partial charge in [0.1, 0.15) is 0 Å². The van der Waals surface area contributed by atoms with E-state index >= 15 is 0 Å². The fourth-order valence-electron chi connectivity index (χ4n) is 1.88. The maximum absolute atomic E-state index is 5.91. The van der Waals surface area contributed by atoms with E-state index in [4.69, 9.17) is 11.5 Å². The van der Waals surface area contributed by atoms with Crippen LogP contribution in [-0.4, -0.2) is 0 Å². The largest absolute Gasteiger partial charge is 0.399 e. The van der Waals surface area contributed by atoms with E-state index in [0.29, 0.717) is 0 Å². The standard InChI is InChI=1S/C15H18N2/c1-10-3-4-13(9-15(10)17)8-12-5-6-14(16)11(2)7-12/h3-7,9H,8,16-17H2,1-2H3. The second kappa shape index (κ2) is 4.50. The lowest BCUT2D eigenvalue weighted by Gasteiger charge is -2.07. The molecule has 0 spiro atoms. The molecule has 17 heavy (non-hydrogen) atoms. The normalized spacial score (nSPS) is 10.5. The van der Waals surface area contributed by atoms with E-state index in [0.717, 1.165) is 28.9 Å². The van der Waals surface area contributed by atoms with Crippen molar-refractivity contribution < 1.29 is 0 Å². The summed E-state index contributed by atoms with van der Waals surface area (Å²) >= 11 is 0. The molecule has 0 unspecified atom stereocenters. The van der Waals surface area contributed by atoms with Crippen LogP contribution in [0.5, 0.6) is 0 Å². The maximum atomic E-state index is 5.91. The first kappa shape index (κ1) is 11.5. The van der Waals surface area contributed by atoms with Gasteiger partial charge in [-0.1, -0.05) is 24.3 Å². The van der Waals surface area contributed by atoms with Gasteiger partial charge in [-0.15, -0.1) is 0 Å². The number of hydrogen-bond acceptors (Lipinski definition) is 2. The van der Waals surface area contributed by atoms with Crippen LogP contribution in [0.25, 0.3) is 0 Å². The Morgan fingerprint density at radius 2 is 1.41 bits per heavy atom. The molecule has 0 aromatic heterocycles. The molecule has 2 nitrogen and oxygen atoms in total. The zero-order valence-corrected chi connectivity index (χ0v) is 10.3. The Kier molecular flexibility index (Phi) is 3.05. The van der Waals surface area contributed by atoms with Gasteiger partial charge in [0.05, 0.1) is 0 Å². The Morgan fingerprint density at radius 3 is 2.06 bits per heavy atom. The third-order valence-corrected chi connectivity index (χ3v) is 3.09. The minimum atomic E-state index is 0.845. The molecule has 0 aliphatic heterocycles. The molecule has 0 saturated carbocycles. The molecule has 2 rings (SSSR count). The van der Waals surface area contributed by atoms with Crippen LogP contribution in [0.2, 0.25) is 0 Å². The van der Waals surface area contributed by atoms with Crippen molar-refractivity contribution in [3.8, 4) is 0 Å². The predicted octanol–water partition coefficient (Wildman–Crippen LogP) is 3.06. The summed E-state index contributed by atoms with van der Waals surface area (Å²) in [5.74, 6) is 0. The fraction of sp³-hybridized carbons (Fsp3) is 0.200. The Morgan fingerprint density at radius 1 is 0.765 bits per heavy atom. The molecule has 0 bridgehead atoms. The van der Waals surface area contributed by atoms with Gasteiger partial charge in [0.25, 0.3) is 0 Å². The third-order valence-electron chi connectivity index (χ3n) is 3.09. The quantitative estimate of drug-likeness (QED) is 0.773. The lowest BCUT2D eigenvalue weighted by Crippen LogP contribution is -1.95. The molecule has 0 atom stereocenters. The molecule has 0 radical (unpaired) electrons. The molecule has 0 amide bonds. The van der Waals surface area contributed by atoms with Crippen molar-refractivity contribution in [2.24, 2.45) is 0 Å². The SMILES string of the molecule is Cc1cc(Cc2ccc(C)c(N)c2)ccc1N. The highest BCUT2D eigenvalue weighted by Gasteiger charge is 2.01. The van der Waals surface area contributed by atoms with E-state index in [9.17, 15) is 0 Å². The summed E-state index contributed by atoms with van der Waals surface area (Å²) in [5, 5.41) is 0. The molecule has 0 aliphatic carbocycles. The van der Waals surface area contributed by atoms with Gasteiger partial charge in [-0.3, -0.25) is 0 Å². The van der Waals surface area contributed by atoms with Crippen molar-refractivity contribution in [2.75, 3.05) is 11.5 Å². The number of hydrogen-bond donors (Lipinski definition) is 2. The fourth-order valence-corrected chi connectivity index (χ4v) is 1.88. The van der Waals surface area contributed by atoms with Crippen molar-refractivity contribution in [2.45, 2.75) is 20.3 Å². The maximum Gasteiger partial charge on any atom is 0.0346 e. The van der Waals surface area contributed by atoms with Gasteiger partial charge in [0.2, 0.25) is 0 Å². The summed E-state index contributed by atoms with van der Waals surface area (Å²) < 4.78 is 0. The van der Waals surface area contributed by atoms with E-state index < -0.39 is 0 Å². The summed E-state index contributed by atoms with van der Waals surface area (Å²) in [5.41, 5.74) is 18.2. The monoisotopic (exact) mass is 226 g/mol. The van der Waals surface area contributed by atoms with Crippen molar-refractivity contribution in [3.63, 3.8) is 0 Å². The van der Waals surface area contributed by atoms with Crippen molar-refractivity contribution >= 4 is 11.4 Å². The van der Waals surface area contributed by atoms with E-state index in [-0.39, 0.29) is 0 Å². The van der Waals surface area contributed by atoms with Crippen LogP contribution in [0.15, 0.2) is 36.4 Å². The summed E-state index contributed by atoms with van der Waals surface area (Å²) in [7, 11) is 0. The number of anilines is 2. The second-order valence-corrected chi connectivity index (χ2v) is 4.56. The summed E-state index contributed by atoms with van der Waals surface area (Å²) in [6.45, 7) is 4.05. The number of aryl methyl sites for hydroxylation is 2. The zero-order chi connectivity index (χ0) is 12.4. The second-order valence-electron chi connectivity index (χ2n) is 4.56. The van der Waals surface area contributed by atoms with Crippen LogP contribution in [0.1, 0.15) is 22.3 Å². The van der Waals surface area contributed by atoms with Gasteiger partial charge in [0, 0.05) is 11.4 Å². The minimum Gasteiger partial charge on any atom is -0.399 e. The summed E-state index contributed by atoms with van der Waals surface area (Å²) in [6.07, 6.45) is 0.894. The van der Waals surface area contributed by atoms with E-state index in [2.05, 4.69) is 24.3 Å². The molecule has 2 heteroatoms. The first-order valence-corrected chi connectivity index (χ1v) is 5.76. The molecular formula is C15H18N2. The number of rotatable bonds is 2. The average molecular weight is 226 g/mol. The van der Waals surface area contributed by atoms with E-state index in [1.165, 1.54) is 11.1 Å². The van der Waals surface area contributed by atoms with Gasteiger partial charge in [-0.25, -0.2) is 0 Å². The van der Waals surface area contributed by atoms with Gasteiger partial charge >= 0.3 is 0 Å². The van der Waals surface area contributed by atoms with Crippen LogP contribution in [0.4, 0.5) is 11.4 Å². The van der Waals surface area contributed by atoms with Gasteiger partial charge in [-0.2, -0.15) is 0 Å². The first-order valence-electron chi connectivity index (χ1n) is 5.76. The first-order chi connectivity index (χ1) is 8.06. The molecule has 4 N–H and O–H groups in total. The Labute approximate surface area is 102 Å². The highest BCUT2D eigenvalue weighted by Crippen LogP contribution is 2.19. The van der Waals surface area contributed by atoms with Crippen LogP contribution >= 0.6 is 0 Å². The van der Waals surface area contributed by atoms with Crippen molar-refractivity contribution in [1.29, 1.82) is 0 Å². The van der Waals surface area contributed by atoms with E-state index in [1.807, 2.05) is 26.0 Å². The topological polar surface area (TPSA) is 52.0 Å². The average Bonchev–Trinajstić information content (AvgIpc) is 2.29. The lowest BCUT2D eigenvalue weighted by atomic mass is 10.0. The third kappa shape index (κ3) is 2.59. The van der Waals surface area contributed by atoms with E-state index in [1.54, 1.807) is 0 Å². The number of nitrogens with two attached hydrogens (primary N) is 2. The molecule has 0 fully saturated rings. The Bertz CT molecular complexity index is 495. The van der Waals surface area contributed by atoms with Crippen LogP contribution in [0, 0.1) is 13.8 Å². The summed E-state index contributed by atoms with van der Waals surface area (Å²) in [6, 6.07) is 12.4. The van der Waals surface area contributed by atoms with Crippen LogP contribution in [0.3, 0.4) is 0 Å². The van der Waals surface area contributed by atoms with Gasteiger partial charge < -0.3 is 11.5 Å². The number of nitrogen functional groups attached to an aromatic ring is 2. The molecule has 0 heterocycles. The van der Waals surface area contributed by atoms with Crippen LogP contribution < -0.4 is 11.5 Å². The molecule has 2 aromatic rings. The smallest absolute Gasteiger partial charge is 0.0346 e. The van der Waals surface area contributed by atoms with Gasteiger partial charge in [-0.05, 0) is 54.7 Å². The van der Waals surface area contributed by atoms with Gasteiger partial charge in [0.15, 0.2) is 0 Å². The minimum absolute atomic E-state index is 0.845. The predicted molar refractivity (Wildman–Crippen MR) is 74.0 cm³/mol. The Hall–Kier alpha value is -1.96. The summed E-state index contributed by atoms with van der Waals surface area (Å²) in [4.78, 5) is 0. The molecule has 0 aliphatic rings.